The Morgan fingerprint density at radius 3 is 2.63 bits per heavy atom. The number of likely N-dealkylation sites (tertiary alicyclic amines) is 2. The Bertz CT molecular complexity index is 2350. The Morgan fingerprint density at radius 1 is 1.06 bits per heavy atom. The second kappa shape index (κ2) is 13.7. The number of nitrogens with one attached hydrogen (secondary N) is 1. The summed E-state index contributed by atoms with van der Waals surface area (Å²) in [6.07, 6.45) is 2.75. The largest absolute Gasteiger partial charge is 0.481 e. The highest BCUT2D eigenvalue weighted by Gasteiger charge is 2.47. The molecular formula is C41H38ClFN6O5. The van der Waals surface area contributed by atoms with E-state index in [1.165, 1.54) is 0 Å². The predicted octanol–water partition coefficient (Wildman–Crippen LogP) is 6.33. The normalized spacial score (nSPS) is 20.6. The van der Waals surface area contributed by atoms with Gasteiger partial charge in [-0.05, 0) is 72.2 Å². The quantitative estimate of drug-likeness (QED) is 0.176. The van der Waals surface area contributed by atoms with Crippen molar-refractivity contribution in [3.05, 3.63) is 93.3 Å². The summed E-state index contributed by atoms with van der Waals surface area (Å²) in [6.45, 7) is 4.05. The van der Waals surface area contributed by atoms with E-state index in [4.69, 9.17) is 25.5 Å². The number of oxazole rings is 1. The number of aliphatic hydroxyl groups is 1. The molecular weight excluding hydrogens is 711 g/mol. The number of fused-ring (bicyclic) bond motifs is 2. The third kappa shape index (κ3) is 6.25. The molecule has 5 aromatic rings. The molecule has 3 fully saturated rings. The van der Waals surface area contributed by atoms with Gasteiger partial charge in [0.05, 0.1) is 29.9 Å². The number of halogens is 2. The van der Waals surface area contributed by atoms with E-state index in [0.29, 0.717) is 72.0 Å². The van der Waals surface area contributed by atoms with Crippen molar-refractivity contribution in [2.24, 2.45) is 0 Å². The van der Waals surface area contributed by atoms with Crippen LogP contribution in [0.15, 0.2) is 59.0 Å². The first-order chi connectivity index (χ1) is 26.2. The van der Waals surface area contributed by atoms with Crippen molar-refractivity contribution in [3.63, 3.8) is 0 Å². The van der Waals surface area contributed by atoms with Crippen LogP contribution in [0.4, 0.5) is 4.39 Å². The Labute approximate surface area is 316 Å². The monoisotopic (exact) mass is 748 g/mol. The molecule has 1 spiro atoms. The maximum atomic E-state index is 16.6. The average molecular weight is 749 g/mol. The standard InChI is InChI=1S/C41H38ClFN6O5/c1-52-38-25(19-48-13-11-26(50)20-48)16-32(42)40(46-38)53-34-9-8-28-27(4-2-5-29(28)34)30-6-3-7-31(36(30)43)39-45-33-15-23(14-24(17-44)37(33)54-39)18-49-21-41(22-49)12-10-35(51)47-41/h2-7,14-16,26,34,50H,8-13,18-22H2,1H3,(H,47,51)/t26-,34-/m1/s1. The van der Waals surface area contributed by atoms with E-state index in [2.05, 4.69) is 31.2 Å². The van der Waals surface area contributed by atoms with Crippen LogP contribution < -0.4 is 14.8 Å². The summed E-state index contributed by atoms with van der Waals surface area (Å²) in [4.78, 5) is 25.4. The van der Waals surface area contributed by atoms with E-state index >= 15 is 4.39 Å². The molecule has 11 nitrogen and oxygen atoms in total. The number of nitriles is 1. The predicted molar refractivity (Wildman–Crippen MR) is 198 cm³/mol. The van der Waals surface area contributed by atoms with Gasteiger partial charge in [-0.2, -0.15) is 10.2 Å². The minimum absolute atomic E-state index is 0.0993. The minimum atomic E-state index is -0.472. The highest BCUT2D eigenvalue weighted by atomic mass is 35.5. The molecule has 13 heteroatoms. The first-order valence-electron chi connectivity index (χ1n) is 18.3. The second-order valence-corrected chi connectivity index (χ2v) is 15.3. The summed E-state index contributed by atoms with van der Waals surface area (Å²) >= 11 is 6.71. The summed E-state index contributed by atoms with van der Waals surface area (Å²) in [7, 11) is 1.56. The van der Waals surface area contributed by atoms with Gasteiger partial charge in [-0.15, -0.1) is 0 Å². The maximum absolute atomic E-state index is 16.6. The van der Waals surface area contributed by atoms with Gasteiger partial charge in [-0.1, -0.05) is 41.9 Å². The molecule has 0 saturated carbocycles. The second-order valence-electron chi connectivity index (χ2n) is 14.9. The van der Waals surface area contributed by atoms with Gasteiger partial charge < -0.3 is 24.3 Å². The highest BCUT2D eigenvalue weighted by Crippen LogP contribution is 2.43. The number of hydrogen-bond donors (Lipinski definition) is 2. The summed E-state index contributed by atoms with van der Waals surface area (Å²) < 4.78 is 34.7. The van der Waals surface area contributed by atoms with Crippen LogP contribution in [0.25, 0.3) is 33.7 Å². The number of carbonyl (C=O) groups is 1. The summed E-state index contributed by atoms with van der Waals surface area (Å²) in [5.74, 6) is 0.413. The molecule has 2 aromatic heterocycles. The topological polar surface area (TPSA) is 137 Å². The van der Waals surface area contributed by atoms with E-state index < -0.39 is 5.82 Å². The molecule has 1 amide bonds. The molecule has 9 rings (SSSR count). The number of aliphatic hydroxyl groups excluding tert-OH is 1. The fourth-order valence-electron chi connectivity index (χ4n) is 8.67. The number of hydrogen-bond acceptors (Lipinski definition) is 10. The lowest BCUT2D eigenvalue weighted by Crippen LogP contribution is -2.66. The molecule has 0 bridgehead atoms. The van der Waals surface area contributed by atoms with E-state index in [1.54, 1.807) is 31.4 Å². The van der Waals surface area contributed by atoms with Crippen LogP contribution in [-0.4, -0.2) is 75.7 Å². The Balaban J connectivity index is 0.963. The number of methoxy groups -OCH3 is 1. The van der Waals surface area contributed by atoms with Crippen LogP contribution in [0.1, 0.15) is 59.6 Å². The van der Waals surface area contributed by atoms with Crippen molar-refractivity contribution < 1.29 is 28.2 Å². The number of β-amino-alcohol motifs (C(OH)–C–C–N with tert-alkyl or cyclic N) is 1. The van der Waals surface area contributed by atoms with Crippen molar-refractivity contribution in [3.8, 4) is 40.4 Å². The Kier molecular flexibility index (Phi) is 8.77. The first-order valence-corrected chi connectivity index (χ1v) is 18.7. The number of benzene rings is 3. The molecule has 5 heterocycles. The molecule has 3 saturated heterocycles. The third-order valence-electron chi connectivity index (χ3n) is 11.2. The molecule has 54 heavy (non-hydrogen) atoms. The highest BCUT2D eigenvalue weighted by molar-refractivity contribution is 6.31. The molecule has 1 aliphatic carbocycles. The van der Waals surface area contributed by atoms with Gasteiger partial charge in [0.1, 0.15) is 28.5 Å². The van der Waals surface area contributed by atoms with Crippen molar-refractivity contribution in [2.45, 2.75) is 62.9 Å². The van der Waals surface area contributed by atoms with Crippen LogP contribution in [0, 0.1) is 17.1 Å². The first kappa shape index (κ1) is 34.7. The van der Waals surface area contributed by atoms with E-state index in [-0.39, 0.29) is 41.0 Å². The number of rotatable bonds is 9. The lowest BCUT2D eigenvalue weighted by atomic mass is 9.88. The summed E-state index contributed by atoms with van der Waals surface area (Å²) in [6, 6.07) is 18.7. The number of amides is 1. The van der Waals surface area contributed by atoms with E-state index in [9.17, 15) is 15.2 Å². The molecule has 0 radical (unpaired) electrons. The minimum Gasteiger partial charge on any atom is -0.481 e. The zero-order valence-corrected chi connectivity index (χ0v) is 30.5. The van der Waals surface area contributed by atoms with Crippen LogP contribution >= 0.6 is 11.6 Å². The number of ether oxygens (including phenoxy) is 2. The van der Waals surface area contributed by atoms with Gasteiger partial charge in [0.25, 0.3) is 0 Å². The van der Waals surface area contributed by atoms with Gasteiger partial charge in [0, 0.05) is 56.8 Å². The molecule has 4 aliphatic rings. The fraction of sp³-hybridized carbons (Fsp3) is 0.366. The molecule has 3 aliphatic heterocycles. The third-order valence-corrected chi connectivity index (χ3v) is 11.4. The number of carbonyl (C=O) groups excluding carboxylic acids is 1. The van der Waals surface area contributed by atoms with Crippen LogP contribution in [0.3, 0.4) is 0 Å². The lowest BCUT2D eigenvalue weighted by molar-refractivity contribution is -0.120. The van der Waals surface area contributed by atoms with Gasteiger partial charge in [0.2, 0.25) is 23.6 Å². The number of aromatic nitrogens is 2. The van der Waals surface area contributed by atoms with Gasteiger partial charge in [-0.25, -0.2) is 9.37 Å². The van der Waals surface area contributed by atoms with E-state index in [1.807, 2.05) is 30.3 Å². The Morgan fingerprint density at radius 2 is 1.87 bits per heavy atom. The van der Waals surface area contributed by atoms with Gasteiger partial charge in [-0.3, -0.25) is 14.6 Å². The number of pyridine rings is 1. The summed E-state index contributed by atoms with van der Waals surface area (Å²) in [5.41, 5.74) is 5.99. The SMILES string of the molecule is COc1nc(O[C@@H]2CCc3c(-c4cccc(-c5nc6cc(CN7CC8(CCC(=O)N8)C7)cc(C#N)c6o5)c4F)cccc32)c(Cl)cc1CN1CC[C@@H](O)C1. The van der Waals surface area contributed by atoms with Crippen molar-refractivity contribution in [1.82, 2.24) is 25.1 Å². The van der Waals surface area contributed by atoms with Gasteiger partial charge in [0.15, 0.2) is 5.58 Å². The van der Waals surface area contributed by atoms with Crippen molar-refractivity contribution in [2.75, 3.05) is 33.3 Å². The van der Waals surface area contributed by atoms with Crippen LogP contribution in [0.2, 0.25) is 5.02 Å². The average Bonchev–Trinajstić information content (AvgIpc) is 3.95. The van der Waals surface area contributed by atoms with E-state index in [0.717, 1.165) is 60.3 Å². The van der Waals surface area contributed by atoms with Crippen LogP contribution in [-0.2, 0) is 24.3 Å². The van der Waals surface area contributed by atoms with Crippen molar-refractivity contribution >= 4 is 28.6 Å². The van der Waals surface area contributed by atoms with Crippen LogP contribution in [0.5, 0.6) is 11.8 Å². The zero-order valence-electron chi connectivity index (χ0n) is 29.7. The molecule has 2 N–H and O–H groups in total. The fourth-order valence-corrected chi connectivity index (χ4v) is 8.88. The molecule has 3 aromatic carbocycles. The maximum Gasteiger partial charge on any atom is 0.236 e. The Hall–Kier alpha value is -5.06. The smallest absolute Gasteiger partial charge is 0.236 e. The van der Waals surface area contributed by atoms with Gasteiger partial charge >= 0.3 is 0 Å². The lowest BCUT2D eigenvalue weighted by Gasteiger charge is -2.48. The molecule has 0 unspecified atom stereocenters. The summed E-state index contributed by atoms with van der Waals surface area (Å²) in [5, 5.41) is 23.4. The van der Waals surface area contributed by atoms with Crippen molar-refractivity contribution in [1.29, 1.82) is 5.26 Å². The molecule has 2 atom stereocenters. The molecule has 276 valence electrons. The number of nitrogens with zero attached hydrogens (tertiary/aromatic N) is 5. The zero-order chi connectivity index (χ0) is 37.1.